The van der Waals surface area contributed by atoms with Crippen molar-refractivity contribution in [1.29, 1.82) is 0 Å². The molecule has 0 atom stereocenters. The molecule has 0 amide bonds. The lowest BCUT2D eigenvalue weighted by Gasteiger charge is -2.05. The smallest absolute Gasteiger partial charge is 0.126 e. The van der Waals surface area contributed by atoms with E-state index in [1.54, 1.807) is 13.2 Å². The Labute approximate surface area is 130 Å². The number of rotatable bonds is 6. The highest BCUT2D eigenvalue weighted by molar-refractivity contribution is 6.10. The highest BCUT2D eigenvalue weighted by Gasteiger charge is 2.03. The second kappa shape index (κ2) is 7.88. The first kappa shape index (κ1) is 15.6. The fourth-order valence-corrected chi connectivity index (χ4v) is 2.05. The summed E-state index contributed by atoms with van der Waals surface area (Å²) in [5, 5.41) is 12.6. The molecule has 0 fully saturated rings. The summed E-state index contributed by atoms with van der Waals surface area (Å²) in [5.74, 6) is 1.56. The molecule has 0 bridgehead atoms. The molecule has 0 aliphatic carbocycles. The van der Waals surface area contributed by atoms with E-state index < -0.39 is 0 Å². The van der Waals surface area contributed by atoms with Gasteiger partial charge in [-0.05, 0) is 49.4 Å². The van der Waals surface area contributed by atoms with Gasteiger partial charge in [0.15, 0.2) is 0 Å². The minimum atomic E-state index is 0.467. The van der Waals surface area contributed by atoms with Crippen LogP contribution in [0.4, 0.5) is 0 Å². The van der Waals surface area contributed by atoms with Gasteiger partial charge in [-0.25, -0.2) is 0 Å². The van der Waals surface area contributed by atoms with Crippen LogP contribution in [-0.2, 0) is 0 Å². The third-order valence-corrected chi connectivity index (χ3v) is 3.13. The normalized spacial score (nSPS) is 11.6. The molecule has 2 rings (SSSR count). The van der Waals surface area contributed by atoms with Gasteiger partial charge in [0.1, 0.15) is 17.2 Å². The monoisotopic (exact) mass is 297 g/mol. The second-order valence-corrected chi connectivity index (χ2v) is 4.52. The number of nitrogens with zero attached hydrogens (tertiary/aromatic N) is 1. The Bertz CT molecular complexity index is 660. The van der Waals surface area contributed by atoms with Gasteiger partial charge >= 0.3 is 0 Å². The van der Waals surface area contributed by atoms with E-state index in [-0.39, 0.29) is 0 Å². The van der Waals surface area contributed by atoms with Crippen molar-refractivity contribution in [3.63, 3.8) is 0 Å². The van der Waals surface area contributed by atoms with Gasteiger partial charge in [0.05, 0.1) is 13.7 Å². The lowest BCUT2D eigenvalue weighted by molar-refractivity contribution is 0.320. The van der Waals surface area contributed by atoms with E-state index in [9.17, 15) is 5.21 Å². The largest absolute Gasteiger partial charge is 0.496 e. The van der Waals surface area contributed by atoms with E-state index in [0.717, 1.165) is 22.6 Å². The summed E-state index contributed by atoms with van der Waals surface area (Å²) in [6.45, 7) is 2.55. The van der Waals surface area contributed by atoms with Crippen molar-refractivity contribution in [2.45, 2.75) is 6.92 Å². The number of oxime groups is 1. The first-order valence-corrected chi connectivity index (χ1v) is 7.05. The van der Waals surface area contributed by atoms with Gasteiger partial charge in [0.2, 0.25) is 0 Å². The molecule has 2 aromatic rings. The van der Waals surface area contributed by atoms with Crippen molar-refractivity contribution in [3.8, 4) is 11.5 Å². The van der Waals surface area contributed by atoms with E-state index in [1.807, 2.05) is 61.5 Å². The minimum Gasteiger partial charge on any atom is -0.496 e. The van der Waals surface area contributed by atoms with Gasteiger partial charge in [0, 0.05) is 11.1 Å². The van der Waals surface area contributed by atoms with Gasteiger partial charge < -0.3 is 14.7 Å². The van der Waals surface area contributed by atoms with Crippen LogP contribution in [-0.4, -0.2) is 24.6 Å². The number of hydrogen-bond donors (Lipinski definition) is 1. The summed E-state index contributed by atoms with van der Waals surface area (Å²) >= 11 is 0. The first-order valence-electron chi connectivity index (χ1n) is 7.05. The van der Waals surface area contributed by atoms with Crippen LogP contribution in [0.25, 0.3) is 6.08 Å². The molecule has 0 aromatic heterocycles. The van der Waals surface area contributed by atoms with Crippen LogP contribution in [0.2, 0.25) is 0 Å². The fraction of sp³-hybridized carbons (Fsp3) is 0.167. The molecule has 2 aromatic carbocycles. The van der Waals surface area contributed by atoms with Gasteiger partial charge in [-0.2, -0.15) is 0 Å². The molecule has 0 radical (unpaired) electrons. The zero-order valence-corrected chi connectivity index (χ0v) is 12.7. The van der Waals surface area contributed by atoms with Crippen molar-refractivity contribution in [2.24, 2.45) is 5.16 Å². The van der Waals surface area contributed by atoms with E-state index >= 15 is 0 Å². The number of hydrogen-bond acceptors (Lipinski definition) is 4. The molecule has 0 heterocycles. The van der Waals surface area contributed by atoms with E-state index in [1.165, 1.54) is 0 Å². The van der Waals surface area contributed by atoms with Crippen LogP contribution >= 0.6 is 0 Å². The van der Waals surface area contributed by atoms with Crippen molar-refractivity contribution in [2.75, 3.05) is 13.7 Å². The van der Waals surface area contributed by atoms with Crippen LogP contribution in [0.3, 0.4) is 0 Å². The summed E-state index contributed by atoms with van der Waals surface area (Å²) in [6, 6.07) is 15.1. The molecule has 0 aliphatic rings. The highest BCUT2D eigenvalue weighted by Crippen LogP contribution is 2.19. The number of allylic oxidation sites excluding steroid dienone is 1. The number of benzene rings is 2. The summed E-state index contributed by atoms with van der Waals surface area (Å²) in [7, 11) is 1.63. The maximum absolute atomic E-state index is 9.23. The molecule has 0 unspecified atom stereocenters. The maximum Gasteiger partial charge on any atom is 0.126 e. The van der Waals surface area contributed by atoms with Gasteiger partial charge in [-0.15, -0.1) is 0 Å². The topological polar surface area (TPSA) is 51.0 Å². The van der Waals surface area contributed by atoms with Crippen LogP contribution in [0.15, 0.2) is 59.8 Å². The summed E-state index contributed by atoms with van der Waals surface area (Å²) in [6.07, 6.45) is 3.60. The summed E-state index contributed by atoms with van der Waals surface area (Å²) < 4.78 is 10.7. The zero-order chi connectivity index (χ0) is 15.8. The third-order valence-electron chi connectivity index (χ3n) is 3.13. The summed E-state index contributed by atoms with van der Waals surface area (Å²) in [4.78, 5) is 0. The minimum absolute atomic E-state index is 0.467. The Morgan fingerprint density at radius 3 is 2.50 bits per heavy atom. The first-order chi connectivity index (χ1) is 10.8. The molecule has 4 heteroatoms. The van der Waals surface area contributed by atoms with Gasteiger partial charge in [-0.3, -0.25) is 0 Å². The molecule has 1 N–H and O–H groups in total. The number of ether oxygens (including phenoxy) is 2. The number of methoxy groups -OCH3 is 1. The third kappa shape index (κ3) is 3.88. The molecule has 22 heavy (non-hydrogen) atoms. The van der Waals surface area contributed by atoms with Crippen molar-refractivity contribution in [3.05, 3.63) is 65.7 Å². The average Bonchev–Trinajstić information content (AvgIpc) is 2.57. The Morgan fingerprint density at radius 2 is 1.86 bits per heavy atom. The Hall–Kier alpha value is -2.75. The molecule has 0 saturated carbocycles. The molecule has 0 saturated heterocycles. The second-order valence-electron chi connectivity index (χ2n) is 4.52. The quantitative estimate of drug-likeness (QED) is 0.498. The molecule has 114 valence electrons. The summed E-state index contributed by atoms with van der Waals surface area (Å²) in [5.41, 5.74) is 2.18. The van der Waals surface area contributed by atoms with Crippen molar-refractivity contribution < 1.29 is 14.7 Å². The van der Waals surface area contributed by atoms with Crippen LogP contribution in [0.1, 0.15) is 18.1 Å². The van der Waals surface area contributed by atoms with E-state index in [4.69, 9.17) is 9.47 Å². The number of para-hydroxylation sites is 1. The predicted molar refractivity (Wildman–Crippen MR) is 88.0 cm³/mol. The molecular weight excluding hydrogens is 278 g/mol. The van der Waals surface area contributed by atoms with Gasteiger partial charge in [0.25, 0.3) is 0 Å². The van der Waals surface area contributed by atoms with Crippen molar-refractivity contribution >= 4 is 11.8 Å². The van der Waals surface area contributed by atoms with E-state index in [2.05, 4.69) is 5.16 Å². The lowest BCUT2D eigenvalue weighted by Crippen LogP contribution is -1.98. The van der Waals surface area contributed by atoms with Crippen LogP contribution in [0.5, 0.6) is 11.5 Å². The fourth-order valence-electron chi connectivity index (χ4n) is 2.05. The Morgan fingerprint density at radius 1 is 1.14 bits per heavy atom. The molecule has 0 spiro atoms. The van der Waals surface area contributed by atoms with Crippen LogP contribution < -0.4 is 9.47 Å². The lowest BCUT2D eigenvalue weighted by atomic mass is 10.1. The van der Waals surface area contributed by atoms with Gasteiger partial charge in [-0.1, -0.05) is 23.4 Å². The highest BCUT2D eigenvalue weighted by atomic mass is 16.5. The molecular formula is C18H19NO3. The molecule has 4 nitrogen and oxygen atoms in total. The Kier molecular flexibility index (Phi) is 5.60. The standard InChI is InChI=1S/C18H19NO3/c1-3-22-16-11-8-14(9-12-16)17(19-20)13-10-15-6-4-5-7-18(15)21-2/h4-13,20H,3H2,1-2H3/b13-10+,19-17-. The molecule has 0 aliphatic heterocycles. The maximum atomic E-state index is 9.23. The van der Waals surface area contributed by atoms with Crippen LogP contribution in [0, 0.1) is 0 Å². The van der Waals surface area contributed by atoms with E-state index in [0.29, 0.717) is 12.3 Å². The van der Waals surface area contributed by atoms with Crippen molar-refractivity contribution in [1.82, 2.24) is 0 Å². The zero-order valence-electron chi connectivity index (χ0n) is 12.7. The SMILES string of the molecule is CCOc1ccc(C(/C=C/c2ccccc2OC)=N\O)cc1. The average molecular weight is 297 g/mol. The Balaban J connectivity index is 2.20. The predicted octanol–water partition coefficient (Wildman–Crippen LogP) is 3.99.